The van der Waals surface area contributed by atoms with Crippen LogP contribution in [0.1, 0.15) is 5.56 Å². The van der Waals surface area contributed by atoms with E-state index in [1.807, 2.05) is 0 Å². The van der Waals surface area contributed by atoms with Crippen LogP contribution in [0, 0.1) is 0 Å². The summed E-state index contributed by atoms with van der Waals surface area (Å²) in [5.41, 5.74) is 2.49. The van der Waals surface area contributed by atoms with Gasteiger partial charge in [0.2, 0.25) is 0 Å². The minimum atomic E-state index is -7.00. The van der Waals surface area contributed by atoms with Crippen LogP contribution in [0.3, 0.4) is 0 Å². The fourth-order valence-corrected chi connectivity index (χ4v) is 1.74. The van der Waals surface area contributed by atoms with Gasteiger partial charge in [-0.15, -0.1) is 0 Å². The van der Waals surface area contributed by atoms with Gasteiger partial charge in [0, 0.05) is 4.86 Å². The summed E-state index contributed by atoms with van der Waals surface area (Å²) in [4.78, 5) is -0.543. The molecule has 0 fully saturated rings. The van der Waals surface area contributed by atoms with Crippen molar-refractivity contribution in [2.24, 2.45) is 5.73 Å². The third kappa shape index (κ3) is 3.35. The van der Waals surface area contributed by atoms with Crippen LogP contribution >= 0.6 is 12.2 Å². The first-order chi connectivity index (χ1) is 10.7. The highest BCUT2D eigenvalue weighted by atomic mass is 32.1. The Hall–Kier alpha value is -1.78. The average Bonchev–Trinajstić information content (AvgIpc) is 2.46. The van der Waals surface area contributed by atoms with Crippen LogP contribution in [0.25, 0.3) is 0 Å². The molecular weight excluding hydrogens is 373 g/mol. The molecule has 1 rings (SSSR count). The second kappa shape index (κ2) is 6.26. The highest BCUT2D eigenvalue weighted by Gasteiger charge is 2.82. The number of benzene rings is 1. The Kier molecular flexibility index (Phi) is 5.29. The van der Waals surface area contributed by atoms with E-state index in [-0.39, 0.29) is 11.6 Å². The number of halogens is 9. The van der Waals surface area contributed by atoms with Crippen molar-refractivity contribution in [3.8, 4) is 0 Å². The topological polar surface area (TPSA) is 26.0 Å². The molecule has 24 heavy (non-hydrogen) atoms. The zero-order valence-corrected chi connectivity index (χ0v) is 12.2. The highest BCUT2D eigenvalue weighted by Crippen LogP contribution is 2.54. The van der Waals surface area contributed by atoms with Gasteiger partial charge in [-0.05, 0) is 11.6 Å². The molecule has 11 heteroatoms. The summed E-state index contributed by atoms with van der Waals surface area (Å²) in [6.45, 7) is 0. The van der Waals surface area contributed by atoms with Gasteiger partial charge in [-0.25, -0.2) is 0 Å². The summed E-state index contributed by atoms with van der Waals surface area (Å²) in [6, 6.07) is 6.84. The normalized spacial score (nSPS) is 14.6. The van der Waals surface area contributed by atoms with Crippen molar-refractivity contribution in [1.29, 1.82) is 0 Å². The number of alkyl halides is 9. The first-order valence-corrected chi connectivity index (χ1v) is 6.34. The predicted molar refractivity (Wildman–Crippen MR) is 71.3 cm³/mol. The lowest BCUT2D eigenvalue weighted by Gasteiger charge is -2.33. The van der Waals surface area contributed by atoms with Crippen LogP contribution in [0.15, 0.2) is 42.1 Å². The van der Waals surface area contributed by atoms with Crippen molar-refractivity contribution in [3.05, 3.63) is 47.7 Å². The van der Waals surface area contributed by atoms with Crippen molar-refractivity contribution in [1.82, 2.24) is 0 Å². The Morgan fingerprint density at radius 2 is 1.29 bits per heavy atom. The number of allylic oxidation sites excluding steroid dienone is 2. The molecule has 0 saturated heterocycles. The van der Waals surface area contributed by atoms with Gasteiger partial charge in [-0.2, -0.15) is 39.5 Å². The maximum absolute atomic E-state index is 13.5. The van der Waals surface area contributed by atoms with E-state index in [9.17, 15) is 39.5 Å². The minimum Gasteiger partial charge on any atom is -0.397 e. The predicted octanol–water partition coefficient (Wildman–Crippen LogP) is 4.72. The van der Waals surface area contributed by atoms with E-state index < -0.39 is 34.5 Å². The average molecular weight is 381 g/mol. The van der Waals surface area contributed by atoms with Crippen molar-refractivity contribution < 1.29 is 39.5 Å². The Bertz CT molecular complexity index is 635. The number of nitrogens with two attached hydrogens (primary N) is 1. The standard InChI is InChI=1S/C13H8F9NS/c14-10(15,11(16,17)12(18,19)13(20,21)22)9(23)6-8(24)7-4-2-1-3-5-7/h1-6H,23H2/b9-6-. The fourth-order valence-electron chi connectivity index (χ4n) is 1.47. The molecule has 0 bridgehead atoms. The van der Waals surface area contributed by atoms with Crippen LogP contribution < -0.4 is 5.73 Å². The molecule has 0 aliphatic heterocycles. The molecular formula is C13H8F9NS. The molecule has 0 amide bonds. The van der Waals surface area contributed by atoms with Gasteiger partial charge in [-0.1, -0.05) is 42.5 Å². The van der Waals surface area contributed by atoms with Crippen LogP contribution in [0.2, 0.25) is 0 Å². The van der Waals surface area contributed by atoms with E-state index in [0.717, 1.165) is 0 Å². The maximum Gasteiger partial charge on any atom is 0.460 e. The van der Waals surface area contributed by atoms with Crippen molar-refractivity contribution in [3.63, 3.8) is 0 Å². The van der Waals surface area contributed by atoms with E-state index in [4.69, 9.17) is 0 Å². The van der Waals surface area contributed by atoms with Gasteiger partial charge in [0.15, 0.2) is 0 Å². The van der Waals surface area contributed by atoms with Gasteiger partial charge in [-0.3, -0.25) is 0 Å². The summed E-state index contributed by atoms with van der Waals surface area (Å²) < 4.78 is 115. The monoisotopic (exact) mass is 381 g/mol. The second-order valence-corrected chi connectivity index (χ2v) is 4.99. The molecule has 134 valence electrons. The lowest BCUT2D eigenvalue weighted by Crippen LogP contribution is -2.62. The molecule has 0 aliphatic carbocycles. The quantitative estimate of drug-likeness (QED) is 0.346. The third-order valence-corrected chi connectivity index (χ3v) is 3.21. The minimum absolute atomic E-state index is 0.0467. The first kappa shape index (κ1) is 20.3. The summed E-state index contributed by atoms with van der Waals surface area (Å²) in [7, 11) is 0. The molecule has 2 N–H and O–H groups in total. The largest absolute Gasteiger partial charge is 0.460 e. The summed E-state index contributed by atoms with van der Waals surface area (Å²) in [5.74, 6) is -19.8. The molecule has 0 atom stereocenters. The van der Waals surface area contributed by atoms with Gasteiger partial charge in [0.1, 0.15) is 0 Å². The Labute approximate surface area is 134 Å². The third-order valence-electron chi connectivity index (χ3n) is 2.85. The molecule has 0 unspecified atom stereocenters. The van der Waals surface area contributed by atoms with E-state index in [0.29, 0.717) is 0 Å². The Morgan fingerprint density at radius 3 is 1.71 bits per heavy atom. The number of thiocarbonyl (C=S) groups is 1. The summed E-state index contributed by atoms with van der Waals surface area (Å²) in [6.07, 6.45) is -6.86. The zero-order chi connectivity index (χ0) is 19.0. The Morgan fingerprint density at radius 1 is 0.833 bits per heavy atom. The zero-order valence-electron chi connectivity index (χ0n) is 11.4. The summed E-state index contributed by atoms with van der Waals surface area (Å²) in [5, 5.41) is 0. The van der Waals surface area contributed by atoms with Crippen molar-refractivity contribution in [2.45, 2.75) is 23.9 Å². The van der Waals surface area contributed by atoms with E-state index >= 15 is 0 Å². The molecule has 0 spiro atoms. The van der Waals surface area contributed by atoms with E-state index in [2.05, 4.69) is 18.0 Å². The van der Waals surface area contributed by atoms with Crippen LogP contribution in [-0.4, -0.2) is 28.8 Å². The fraction of sp³-hybridized carbons (Fsp3) is 0.308. The lowest BCUT2D eigenvalue weighted by molar-refractivity contribution is -0.389. The highest BCUT2D eigenvalue weighted by molar-refractivity contribution is 7.81. The lowest BCUT2D eigenvalue weighted by atomic mass is 10.00. The summed E-state index contributed by atoms with van der Waals surface area (Å²) >= 11 is 4.61. The van der Waals surface area contributed by atoms with Gasteiger partial charge >= 0.3 is 23.9 Å². The first-order valence-electron chi connectivity index (χ1n) is 5.93. The van der Waals surface area contributed by atoms with Gasteiger partial charge in [0.25, 0.3) is 0 Å². The van der Waals surface area contributed by atoms with Gasteiger partial charge in [0.05, 0.1) is 5.70 Å². The van der Waals surface area contributed by atoms with Crippen LogP contribution in [0.4, 0.5) is 39.5 Å². The van der Waals surface area contributed by atoms with Crippen molar-refractivity contribution in [2.75, 3.05) is 0 Å². The SMILES string of the molecule is N/C(=C\C(=S)c1ccccc1)C(F)(F)C(F)(F)C(F)(F)C(F)(F)F. The molecule has 1 nitrogen and oxygen atoms in total. The van der Waals surface area contributed by atoms with Crippen LogP contribution in [0.5, 0.6) is 0 Å². The smallest absolute Gasteiger partial charge is 0.397 e. The van der Waals surface area contributed by atoms with Crippen molar-refractivity contribution >= 4 is 17.1 Å². The number of rotatable bonds is 5. The number of hydrogen-bond acceptors (Lipinski definition) is 2. The van der Waals surface area contributed by atoms with E-state index in [1.54, 1.807) is 0 Å². The maximum atomic E-state index is 13.5. The molecule has 0 heterocycles. The molecule has 0 saturated carbocycles. The molecule has 0 aliphatic rings. The van der Waals surface area contributed by atoms with Gasteiger partial charge < -0.3 is 5.73 Å². The molecule has 0 aromatic heterocycles. The second-order valence-electron chi connectivity index (χ2n) is 4.55. The van der Waals surface area contributed by atoms with Crippen LogP contribution in [-0.2, 0) is 0 Å². The molecule has 1 aromatic rings. The molecule has 0 radical (unpaired) electrons. The molecule has 1 aromatic carbocycles. The Balaban J connectivity index is 3.27. The number of hydrogen-bond donors (Lipinski definition) is 1. The van der Waals surface area contributed by atoms with E-state index in [1.165, 1.54) is 30.3 Å².